The molecule has 23 heavy (non-hydrogen) atoms. The molecule has 0 aromatic rings. The summed E-state index contributed by atoms with van der Waals surface area (Å²) in [4.78, 5) is 2.41. The van der Waals surface area contributed by atoms with Crippen LogP contribution in [0.5, 0.6) is 0 Å². The Morgan fingerprint density at radius 3 is 2.09 bits per heavy atom. The van der Waals surface area contributed by atoms with Crippen molar-refractivity contribution < 1.29 is 0 Å². The standard InChI is InChI=1S/C19H33N3S/c1-13(20-18(23)21-17-3-5-22(2)6-4-17)19-10-14-7-15(11-19)9-16(8-14)12-19/h13-17H,3-12H2,1-2H3,(H2,20,21,23)/t13-,14?,15?,16?,19?/m1/s1. The molecule has 130 valence electrons. The smallest absolute Gasteiger partial charge is 0.166 e. The van der Waals surface area contributed by atoms with Crippen LogP contribution in [0, 0.1) is 23.2 Å². The van der Waals surface area contributed by atoms with Gasteiger partial charge in [0.1, 0.15) is 0 Å². The minimum absolute atomic E-state index is 0.530. The van der Waals surface area contributed by atoms with Gasteiger partial charge < -0.3 is 15.5 Å². The first kappa shape index (κ1) is 16.1. The van der Waals surface area contributed by atoms with E-state index in [4.69, 9.17) is 12.2 Å². The molecule has 4 bridgehead atoms. The molecule has 5 aliphatic rings. The summed E-state index contributed by atoms with van der Waals surface area (Å²) in [6.07, 6.45) is 11.3. The van der Waals surface area contributed by atoms with Crippen LogP contribution < -0.4 is 10.6 Å². The predicted molar refractivity (Wildman–Crippen MR) is 99.5 cm³/mol. The van der Waals surface area contributed by atoms with Crippen LogP contribution in [-0.2, 0) is 0 Å². The molecular formula is C19H33N3S. The van der Waals surface area contributed by atoms with Crippen LogP contribution in [0.15, 0.2) is 0 Å². The van der Waals surface area contributed by atoms with E-state index in [1.807, 2.05) is 0 Å². The van der Waals surface area contributed by atoms with E-state index in [-0.39, 0.29) is 0 Å². The Kier molecular flexibility index (Phi) is 4.34. The Labute approximate surface area is 147 Å². The Hall–Kier alpha value is -0.350. The van der Waals surface area contributed by atoms with Crippen molar-refractivity contribution in [2.45, 2.75) is 70.4 Å². The van der Waals surface area contributed by atoms with Crippen LogP contribution in [0.3, 0.4) is 0 Å². The molecule has 5 rings (SSSR count). The van der Waals surface area contributed by atoms with Crippen molar-refractivity contribution in [3.05, 3.63) is 0 Å². The predicted octanol–water partition coefficient (Wildman–Crippen LogP) is 3.15. The summed E-state index contributed by atoms with van der Waals surface area (Å²) < 4.78 is 0. The molecule has 0 aromatic heterocycles. The van der Waals surface area contributed by atoms with E-state index in [9.17, 15) is 0 Å². The molecule has 4 aliphatic carbocycles. The molecule has 4 saturated carbocycles. The molecule has 0 radical (unpaired) electrons. The van der Waals surface area contributed by atoms with Crippen molar-refractivity contribution >= 4 is 17.3 Å². The summed E-state index contributed by atoms with van der Waals surface area (Å²) in [6, 6.07) is 1.09. The van der Waals surface area contributed by atoms with Crippen molar-refractivity contribution in [2.24, 2.45) is 23.2 Å². The quantitative estimate of drug-likeness (QED) is 0.775. The van der Waals surface area contributed by atoms with E-state index >= 15 is 0 Å². The summed E-state index contributed by atoms with van der Waals surface area (Å²) in [5.41, 5.74) is 0.535. The number of piperidine rings is 1. The van der Waals surface area contributed by atoms with Crippen LogP contribution in [0.2, 0.25) is 0 Å². The minimum atomic E-state index is 0.530. The van der Waals surface area contributed by atoms with Crippen molar-refractivity contribution in [1.29, 1.82) is 0 Å². The molecule has 0 amide bonds. The first-order chi connectivity index (χ1) is 11.0. The Morgan fingerprint density at radius 1 is 1.04 bits per heavy atom. The van der Waals surface area contributed by atoms with Gasteiger partial charge in [-0.1, -0.05) is 0 Å². The maximum Gasteiger partial charge on any atom is 0.166 e. The van der Waals surface area contributed by atoms with Crippen molar-refractivity contribution in [3.8, 4) is 0 Å². The van der Waals surface area contributed by atoms with Crippen LogP contribution in [0.1, 0.15) is 58.3 Å². The van der Waals surface area contributed by atoms with E-state index in [1.54, 1.807) is 0 Å². The highest BCUT2D eigenvalue weighted by Crippen LogP contribution is 2.61. The maximum absolute atomic E-state index is 5.66. The van der Waals surface area contributed by atoms with Gasteiger partial charge in [-0.2, -0.15) is 0 Å². The van der Waals surface area contributed by atoms with Gasteiger partial charge in [-0.15, -0.1) is 0 Å². The Morgan fingerprint density at radius 2 is 1.57 bits per heavy atom. The van der Waals surface area contributed by atoms with E-state index in [0.717, 1.165) is 22.9 Å². The highest BCUT2D eigenvalue weighted by molar-refractivity contribution is 7.80. The number of likely N-dealkylation sites (tertiary alicyclic amines) is 1. The van der Waals surface area contributed by atoms with Gasteiger partial charge in [0.15, 0.2) is 5.11 Å². The molecule has 5 fully saturated rings. The van der Waals surface area contributed by atoms with Crippen LogP contribution >= 0.6 is 12.2 Å². The summed E-state index contributed by atoms with van der Waals surface area (Å²) in [5, 5.41) is 8.20. The van der Waals surface area contributed by atoms with Crippen molar-refractivity contribution in [2.75, 3.05) is 20.1 Å². The summed E-state index contributed by atoms with van der Waals surface area (Å²) >= 11 is 5.66. The minimum Gasteiger partial charge on any atom is -0.360 e. The fraction of sp³-hybridized carbons (Fsp3) is 0.947. The fourth-order valence-electron chi connectivity index (χ4n) is 6.44. The van der Waals surface area contributed by atoms with Crippen LogP contribution in [0.4, 0.5) is 0 Å². The molecular weight excluding hydrogens is 302 g/mol. The summed E-state index contributed by atoms with van der Waals surface area (Å²) in [7, 11) is 2.21. The van der Waals surface area contributed by atoms with Gasteiger partial charge >= 0.3 is 0 Å². The molecule has 1 atom stereocenters. The maximum atomic E-state index is 5.66. The normalized spacial score (nSPS) is 41.7. The third-order valence-corrected chi connectivity index (χ3v) is 7.64. The topological polar surface area (TPSA) is 27.3 Å². The highest BCUT2D eigenvalue weighted by atomic mass is 32.1. The Bertz CT molecular complexity index is 420. The lowest BCUT2D eigenvalue weighted by molar-refractivity contribution is -0.0673. The van der Waals surface area contributed by atoms with Gasteiger partial charge in [0.25, 0.3) is 0 Å². The molecule has 1 saturated heterocycles. The van der Waals surface area contributed by atoms with Gasteiger partial charge in [-0.05, 0) is 114 Å². The molecule has 4 heteroatoms. The Balaban J connectivity index is 1.33. The number of hydrogen-bond acceptors (Lipinski definition) is 2. The van der Waals surface area contributed by atoms with E-state index in [1.165, 1.54) is 64.5 Å². The molecule has 1 aliphatic heterocycles. The van der Waals surface area contributed by atoms with E-state index in [2.05, 4.69) is 29.5 Å². The SMILES string of the molecule is C[C@@H](NC(=S)NC1CCN(C)CC1)C12CC3CC(CC(C3)C1)C2. The van der Waals surface area contributed by atoms with Crippen molar-refractivity contribution in [3.63, 3.8) is 0 Å². The number of hydrogen-bond donors (Lipinski definition) is 2. The zero-order chi connectivity index (χ0) is 16.0. The average molecular weight is 336 g/mol. The molecule has 0 spiro atoms. The fourth-order valence-corrected chi connectivity index (χ4v) is 6.78. The zero-order valence-corrected chi connectivity index (χ0v) is 15.6. The second kappa shape index (κ2) is 6.18. The van der Waals surface area contributed by atoms with Crippen LogP contribution in [0.25, 0.3) is 0 Å². The number of thiocarbonyl (C=S) groups is 1. The second-order valence-corrected chi connectivity index (χ2v) is 9.61. The summed E-state index contributed by atoms with van der Waals surface area (Å²) in [6.45, 7) is 4.77. The summed E-state index contributed by atoms with van der Waals surface area (Å²) in [5.74, 6) is 3.04. The highest BCUT2D eigenvalue weighted by Gasteiger charge is 2.53. The largest absolute Gasteiger partial charge is 0.360 e. The first-order valence-corrected chi connectivity index (χ1v) is 10.2. The van der Waals surface area contributed by atoms with Gasteiger partial charge in [0, 0.05) is 12.1 Å². The monoisotopic (exact) mass is 335 g/mol. The van der Waals surface area contributed by atoms with Crippen LogP contribution in [-0.4, -0.2) is 42.2 Å². The molecule has 0 unspecified atom stereocenters. The number of nitrogens with one attached hydrogen (secondary N) is 2. The van der Waals surface area contributed by atoms with Gasteiger partial charge in [-0.3, -0.25) is 0 Å². The van der Waals surface area contributed by atoms with Gasteiger partial charge in [0.2, 0.25) is 0 Å². The van der Waals surface area contributed by atoms with Gasteiger partial charge in [0.05, 0.1) is 0 Å². The zero-order valence-electron chi connectivity index (χ0n) is 14.8. The molecule has 2 N–H and O–H groups in total. The van der Waals surface area contributed by atoms with Gasteiger partial charge in [-0.25, -0.2) is 0 Å². The first-order valence-electron chi connectivity index (χ1n) is 9.78. The number of nitrogens with zero attached hydrogens (tertiary/aromatic N) is 1. The number of rotatable bonds is 3. The molecule has 3 nitrogen and oxygen atoms in total. The van der Waals surface area contributed by atoms with Crippen molar-refractivity contribution in [1.82, 2.24) is 15.5 Å². The lowest BCUT2D eigenvalue weighted by Gasteiger charge is -2.59. The third kappa shape index (κ3) is 3.26. The van der Waals surface area contributed by atoms with E-state index in [0.29, 0.717) is 17.5 Å². The lowest BCUT2D eigenvalue weighted by Crippen LogP contribution is -2.58. The lowest BCUT2D eigenvalue weighted by atomic mass is 9.48. The third-order valence-electron chi connectivity index (χ3n) is 7.41. The molecule has 1 heterocycles. The second-order valence-electron chi connectivity index (χ2n) is 9.20. The average Bonchev–Trinajstić information content (AvgIpc) is 2.48. The van der Waals surface area contributed by atoms with E-state index < -0.39 is 0 Å². The molecule has 0 aromatic carbocycles.